The van der Waals surface area contributed by atoms with Crippen molar-refractivity contribution in [3.63, 3.8) is 0 Å². The van der Waals surface area contributed by atoms with Gasteiger partial charge in [-0.25, -0.2) is 0 Å². The number of hydrogen-bond donors (Lipinski definition) is 1. The molecule has 3 nitrogen and oxygen atoms in total. The number of halogens is 1. The van der Waals surface area contributed by atoms with E-state index in [0.29, 0.717) is 17.3 Å². The van der Waals surface area contributed by atoms with E-state index in [1.807, 2.05) is 24.3 Å². The summed E-state index contributed by atoms with van der Waals surface area (Å²) in [5.74, 6) is 0.700. The molecule has 4 rings (SSSR count). The van der Waals surface area contributed by atoms with Crippen molar-refractivity contribution in [2.75, 3.05) is 6.61 Å². The lowest BCUT2D eigenvalue weighted by Crippen LogP contribution is -2.23. The summed E-state index contributed by atoms with van der Waals surface area (Å²) < 4.78 is 7.83. The normalized spacial score (nSPS) is 12.6. The van der Waals surface area contributed by atoms with E-state index in [9.17, 15) is 5.11 Å². The summed E-state index contributed by atoms with van der Waals surface area (Å²) in [5, 5.41) is 13.5. The molecule has 0 bridgehead atoms. The minimum absolute atomic E-state index is 0.225. The van der Waals surface area contributed by atoms with Crippen LogP contribution >= 0.6 is 11.6 Å². The van der Waals surface area contributed by atoms with Crippen molar-refractivity contribution in [2.45, 2.75) is 12.6 Å². The molecule has 4 aromatic rings. The Morgan fingerprint density at radius 3 is 2.00 bits per heavy atom. The van der Waals surface area contributed by atoms with Crippen molar-refractivity contribution in [1.29, 1.82) is 0 Å². The molecule has 1 atom stereocenters. The van der Waals surface area contributed by atoms with Gasteiger partial charge in [0.05, 0.1) is 6.54 Å². The van der Waals surface area contributed by atoms with Gasteiger partial charge in [-0.1, -0.05) is 48.0 Å². The van der Waals surface area contributed by atoms with E-state index in [2.05, 4.69) is 28.8 Å². The average Bonchev–Trinajstić information content (AvgIpc) is 2.96. The Bertz CT molecular complexity index is 954. The summed E-state index contributed by atoms with van der Waals surface area (Å²) in [5.41, 5.74) is 2.24. The van der Waals surface area contributed by atoms with Gasteiger partial charge in [0.2, 0.25) is 0 Å². The van der Waals surface area contributed by atoms with E-state index in [-0.39, 0.29) is 6.61 Å². The molecule has 1 aromatic heterocycles. The second-order valence-corrected chi connectivity index (χ2v) is 6.50. The Balaban J connectivity index is 1.58. The Morgan fingerprint density at radius 2 is 1.40 bits per heavy atom. The van der Waals surface area contributed by atoms with Crippen molar-refractivity contribution >= 4 is 33.4 Å². The van der Waals surface area contributed by atoms with E-state index in [0.717, 1.165) is 11.0 Å². The van der Waals surface area contributed by atoms with Gasteiger partial charge in [-0.2, -0.15) is 0 Å². The molecule has 0 amide bonds. The molecule has 0 aliphatic rings. The van der Waals surface area contributed by atoms with Crippen LogP contribution in [0.5, 0.6) is 5.75 Å². The van der Waals surface area contributed by atoms with Gasteiger partial charge in [0.15, 0.2) is 0 Å². The standard InChI is InChI=1S/C21H18ClNO2/c22-15-9-11-17(12-10-15)25-14-16(24)13-23-20-7-3-1-5-18(20)19-6-2-4-8-21(19)23/h1-12,16,24H,13-14H2. The Hall–Kier alpha value is -2.49. The highest BCUT2D eigenvalue weighted by Crippen LogP contribution is 2.28. The molecular weight excluding hydrogens is 334 g/mol. The zero-order valence-electron chi connectivity index (χ0n) is 13.6. The molecule has 0 spiro atoms. The van der Waals surface area contributed by atoms with Gasteiger partial charge in [0.25, 0.3) is 0 Å². The first-order valence-corrected chi connectivity index (χ1v) is 8.62. The Kier molecular flexibility index (Phi) is 4.35. The fourth-order valence-electron chi connectivity index (χ4n) is 3.19. The van der Waals surface area contributed by atoms with Gasteiger partial charge >= 0.3 is 0 Å². The van der Waals surface area contributed by atoms with Crippen LogP contribution in [0.3, 0.4) is 0 Å². The molecule has 0 radical (unpaired) electrons. The van der Waals surface area contributed by atoms with Crippen LogP contribution < -0.4 is 4.74 Å². The van der Waals surface area contributed by atoms with E-state index in [4.69, 9.17) is 16.3 Å². The number of fused-ring (bicyclic) bond motifs is 3. The third-order valence-corrected chi connectivity index (χ3v) is 4.58. The summed E-state index contributed by atoms with van der Waals surface area (Å²) >= 11 is 5.87. The van der Waals surface area contributed by atoms with Crippen molar-refractivity contribution < 1.29 is 9.84 Å². The SMILES string of the molecule is OC(COc1ccc(Cl)cc1)Cn1c2ccccc2c2ccccc21. The number of para-hydroxylation sites is 2. The number of aliphatic hydroxyl groups is 1. The molecule has 1 unspecified atom stereocenters. The molecule has 0 aliphatic heterocycles. The van der Waals surface area contributed by atoms with E-state index < -0.39 is 6.10 Å². The average molecular weight is 352 g/mol. The quantitative estimate of drug-likeness (QED) is 0.555. The molecule has 1 N–H and O–H groups in total. The first-order valence-electron chi connectivity index (χ1n) is 8.25. The minimum atomic E-state index is -0.616. The Labute approximate surface area is 151 Å². The first kappa shape index (κ1) is 16.0. The predicted octanol–water partition coefficient (Wildman–Crippen LogP) is 4.89. The Morgan fingerprint density at radius 1 is 0.840 bits per heavy atom. The number of benzene rings is 3. The van der Waals surface area contributed by atoms with Gasteiger partial charge < -0.3 is 14.4 Å². The van der Waals surface area contributed by atoms with Gasteiger partial charge in [-0.15, -0.1) is 0 Å². The zero-order chi connectivity index (χ0) is 17.2. The fraction of sp³-hybridized carbons (Fsp3) is 0.143. The molecule has 1 heterocycles. The first-order chi connectivity index (χ1) is 12.2. The monoisotopic (exact) mass is 351 g/mol. The summed E-state index contributed by atoms with van der Waals surface area (Å²) in [6.45, 7) is 0.698. The summed E-state index contributed by atoms with van der Waals surface area (Å²) in [4.78, 5) is 0. The second kappa shape index (κ2) is 6.79. The summed E-state index contributed by atoms with van der Waals surface area (Å²) in [6.07, 6.45) is -0.616. The van der Waals surface area contributed by atoms with Crippen molar-refractivity contribution in [1.82, 2.24) is 4.57 Å². The minimum Gasteiger partial charge on any atom is -0.491 e. The van der Waals surface area contributed by atoms with Crippen LogP contribution in [0.1, 0.15) is 0 Å². The molecule has 0 saturated carbocycles. The lowest BCUT2D eigenvalue weighted by atomic mass is 10.2. The molecule has 0 fully saturated rings. The number of ether oxygens (including phenoxy) is 1. The van der Waals surface area contributed by atoms with E-state index >= 15 is 0 Å². The topological polar surface area (TPSA) is 34.4 Å². The third-order valence-electron chi connectivity index (χ3n) is 4.33. The maximum absolute atomic E-state index is 10.5. The van der Waals surface area contributed by atoms with Crippen LogP contribution in [0, 0.1) is 0 Å². The van der Waals surface area contributed by atoms with Gasteiger partial charge in [0.1, 0.15) is 18.5 Å². The lowest BCUT2D eigenvalue weighted by Gasteiger charge is -2.15. The smallest absolute Gasteiger partial charge is 0.119 e. The van der Waals surface area contributed by atoms with Crippen molar-refractivity contribution in [2.24, 2.45) is 0 Å². The lowest BCUT2D eigenvalue weighted by molar-refractivity contribution is 0.0945. The molecule has 3 aromatic carbocycles. The second-order valence-electron chi connectivity index (χ2n) is 6.06. The number of aliphatic hydroxyl groups excluding tert-OH is 1. The van der Waals surface area contributed by atoms with Crippen molar-refractivity contribution in [3.05, 3.63) is 77.8 Å². The van der Waals surface area contributed by atoms with E-state index in [1.54, 1.807) is 24.3 Å². The highest BCUT2D eigenvalue weighted by molar-refractivity contribution is 6.30. The summed E-state index contributed by atoms with van der Waals surface area (Å²) in [6, 6.07) is 23.7. The van der Waals surface area contributed by atoms with Crippen LogP contribution in [-0.4, -0.2) is 22.4 Å². The maximum Gasteiger partial charge on any atom is 0.119 e. The number of rotatable bonds is 5. The number of nitrogens with zero attached hydrogens (tertiary/aromatic N) is 1. The van der Waals surface area contributed by atoms with Crippen LogP contribution in [0.25, 0.3) is 21.8 Å². The number of aromatic nitrogens is 1. The largest absolute Gasteiger partial charge is 0.491 e. The predicted molar refractivity (Wildman–Crippen MR) is 102 cm³/mol. The van der Waals surface area contributed by atoms with E-state index in [1.165, 1.54) is 10.8 Å². The van der Waals surface area contributed by atoms with Crippen LogP contribution in [0.15, 0.2) is 72.8 Å². The molecular formula is C21H18ClNO2. The highest BCUT2D eigenvalue weighted by atomic mass is 35.5. The fourth-order valence-corrected chi connectivity index (χ4v) is 3.31. The van der Waals surface area contributed by atoms with Crippen LogP contribution in [-0.2, 0) is 6.54 Å². The molecule has 4 heteroatoms. The zero-order valence-corrected chi connectivity index (χ0v) is 14.4. The van der Waals surface area contributed by atoms with Gasteiger partial charge in [0, 0.05) is 26.8 Å². The third kappa shape index (κ3) is 3.21. The van der Waals surface area contributed by atoms with Crippen LogP contribution in [0.4, 0.5) is 0 Å². The highest BCUT2D eigenvalue weighted by Gasteiger charge is 2.13. The summed E-state index contributed by atoms with van der Waals surface area (Å²) in [7, 11) is 0. The molecule has 0 saturated heterocycles. The van der Waals surface area contributed by atoms with Gasteiger partial charge in [-0.3, -0.25) is 0 Å². The van der Waals surface area contributed by atoms with Crippen molar-refractivity contribution in [3.8, 4) is 5.75 Å². The number of hydrogen-bond acceptors (Lipinski definition) is 2. The maximum atomic E-state index is 10.5. The molecule has 25 heavy (non-hydrogen) atoms. The molecule has 0 aliphatic carbocycles. The van der Waals surface area contributed by atoms with Crippen LogP contribution in [0.2, 0.25) is 5.02 Å². The van der Waals surface area contributed by atoms with Gasteiger partial charge in [-0.05, 0) is 36.4 Å². The molecule has 126 valence electrons.